The zero-order valence-electron chi connectivity index (χ0n) is 22.1. The minimum Gasteiger partial charge on any atom is -0.395 e. The minimum absolute atomic E-state index is 0.0252. The van der Waals surface area contributed by atoms with Crippen LogP contribution in [0, 0.1) is 0 Å². The molecule has 0 amide bonds. The van der Waals surface area contributed by atoms with Crippen LogP contribution in [0.4, 0.5) is 11.8 Å². The Balaban J connectivity index is 1.41. The molecule has 1 aliphatic rings. The third-order valence-electron chi connectivity index (χ3n) is 7.41. The average molecular weight is 519 g/mol. The number of nitrogen functional groups attached to an aromatic ring is 1. The van der Waals surface area contributed by atoms with E-state index in [0.717, 1.165) is 68.1 Å². The summed E-state index contributed by atoms with van der Waals surface area (Å²) in [5.74, 6) is 0.858. The summed E-state index contributed by atoms with van der Waals surface area (Å²) < 4.78 is 1.87. The topological polar surface area (TPSA) is 138 Å². The molecule has 1 saturated carbocycles. The van der Waals surface area contributed by atoms with Gasteiger partial charge in [-0.2, -0.15) is 10.1 Å². The molecule has 0 unspecified atom stereocenters. The van der Waals surface area contributed by atoms with Gasteiger partial charge in [-0.15, -0.1) is 0 Å². The molecule has 1 aromatic carbocycles. The predicted octanol–water partition coefficient (Wildman–Crippen LogP) is 3.00. The normalized spacial score (nSPS) is 17.9. The monoisotopic (exact) mass is 518 g/mol. The second kappa shape index (κ2) is 12.0. The summed E-state index contributed by atoms with van der Waals surface area (Å²) in [6.45, 7) is 4.69. The average Bonchev–Trinajstić information content (AvgIpc) is 3.33. The number of nitrogens with one attached hydrogen (secondary N) is 1. The van der Waals surface area contributed by atoms with Gasteiger partial charge in [-0.25, -0.2) is 4.98 Å². The summed E-state index contributed by atoms with van der Waals surface area (Å²) >= 11 is 0. The van der Waals surface area contributed by atoms with Gasteiger partial charge in [-0.05, 0) is 49.3 Å². The number of benzene rings is 1. The van der Waals surface area contributed by atoms with Crippen molar-refractivity contribution in [1.82, 2.24) is 30.0 Å². The van der Waals surface area contributed by atoms with Crippen molar-refractivity contribution in [2.24, 2.45) is 0 Å². The van der Waals surface area contributed by atoms with Gasteiger partial charge in [0.2, 0.25) is 5.95 Å². The number of hydrogen-bond donors (Lipinski definition) is 4. The first-order chi connectivity index (χ1) is 18.6. The summed E-state index contributed by atoms with van der Waals surface area (Å²) in [6, 6.07) is 8.84. The Morgan fingerprint density at radius 2 is 1.89 bits per heavy atom. The fourth-order valence-corrected chi connectivity index (χ4v) is 5.34. The molecule has 1 aliphatic carbocycles. The molecule has 10 heteroatoms. The van der Waals surface area contributed by atoms with Crippen LogP contribution in [0.5, 0.6) is 0 Å². The number of anilines is 2. The maximum atomic E-state index is 9.80. The molecule has 10 nitrogen and oxygen atoms in total. The van der Waals surface area contributed by atoms with Gasteiger partial charge in [0.05, 0.1) is 31.0 Å². The summed E-state index contributed by atoms with van der Waals surface area (Å²) in [5, 5.41) is 29.1. The Morgan fingerprint density at radius 1 is 1.08 bits per heavy atom. The number of aromatic nitrogens is 5. The lowest BCUT2D eigenvalue weighted by Crippen LogP contribution is -2.34. The van der Waals surface area contributed by atoms with Crippen molar-refractivity contribution >= 4 is 33.7 Å². The number of fused-ring (bicyclic) bond motifs is 2. The smallest absolute Gasteiger partial charge is 0.222 e. The molecule has 0 bridgehead atoms. The second-order valence-electron chi connectivity index (χ2n) is 10.2. The van der Waals surface area contributed by atoms with Crippen molar-refractivity contribution in [3.63, 3.8) is 0 Å². The van der Waals surface area contributed by atoms with E-state index in [9.17, 15) is 10.2 Å². The fourth-order valence-electron chi connectivity index (χ4n) is 5.34. The van der Waals surface area contributed by atoms with Gasteiger partial charge in [0.1, 0.15) is 5.52 Å². The van der Waals surface area contributed by atoms with E-state index in [1.807, 2.05) is 28.0 Å². The molecule has 3 heterocycles. The predicted molar refractivity (Wildman–Crippen MR) is 150 cm³/mol. The Kier molecular flexibility index (Phi) is 8.31. The van der Waals surface area contributed by atoms with Crippen LogP contribution in [0.1, 0.15) is 56.6 Å². The van der Waals surface area contributed by atoms with Crippen molar-refractivity contribution in [1.29, 1.82) is 0 Å². The molecule has 0 aliphatic heterocycles. The van der Waals surface area contributed by atoms with Crippen molar-refractivity contribution in [2.45, 2.75) is 70.7 Å². The first kappa shape index (κ1) is 26.3. The van der Waals surface area contributed by atoms with E-state index in [4.69, 9.17) is 15.8 Å². The maximum Gasteiger partial charge on any atom is 0.222 e. The molecule has 0 atom stereocenters. The Bertz CT molecular complexity index is 1370. The zero-order chi connectivity index (χ0) is 26.5. The highest BCUT2D eigenvalue weighted by Gasteiger charge is 2.20. The number of nitrogens with zero attached hydrogens (tertiary/aromatic N) is 6. The van der Waals surface area contributed by atoms with Gasteiger partial charge in [-0.3, -0.25) is 9.67 Å². The van der Waals surface area contributed by atoms with E-state index in [-0.39, 0.29) is 18.7 Å². The zero-order valence-corrected chi connectivity index (χ0v) is 22.1. The van der Waals surface area contributed by atoms with Gasteiger partial charge >= 0.3 is 0 Å². The van der Waals surface area contributed by atoms with E-state index < -0.39 is 0 Å². The van der Waals surface area contributed by atoms with Crippen LogP contribution in [0.25, 0.3) is 21.9 Å². The lowest BCUT2D eigenvalue weighted by Gasteiger charge is -2.26. The van der Waals surface area contributed by atoms with Crippen molar-refractivity contribution in [3.05, 3.63) is 47.8 Å². The third-order valence-corrected chi connectivity index (χ3v) is 7.41. The highest BCUT2D eigenvalue weighted by Crippen LogP contribution is 2.26. The van der Waals surface area contributed by atoms with E-state index in [1.54, 1.807) is 0 Å². The van der Waals surface area contributed by atoms with Crippen molar-refractivity contribution in [2.75, 3.05) is 30.3 Å². The molecular formula is C28H38N8O2. The highest BCUT2D eigenvalue weighted by atomic mass is 16.3. The van der Waals surface area contributed by atoms with Gasteiger partial charge < -0.3 is 26.2 Å². The molecular weight excluding hydrogens is 480 g/mol. The van der Waals surface area contributed by atoms with Crippen molar-refractivity contribution < 1.29 is 10.2 Å². The number of unbranched alkanes of at least 4 members (excludes halogenated alkanes) is 1. The fraction of sp³-hybridized carbons (Fsp3) is 0.500. The van der Waals surface area contributed by atoms with Crippen LogP contribution in [-0.2, 0) is 13.1 Å². The van der Waals surface area contributed by atoms with Crippen molar-refractivity contribution in [3.8, 4) is 0 Å². The van der Waals surface area contributed by atoms with E-state index in [2.05, 4.69) is 40.4 Å². The molecule has 5 N–H and O–H groups in total. The number of rotatable bonds is 11. The number of nitrogens with two attached hydrogens (primary N) is 1. The molecule has 0 radical (unpaired) electrons. The molecule has 5 rings (SSSR count). The number of aliphatic hydroxyl groups excluding tert-OH is 2. The van der Waals surface area contributed by atoms with Gasteiger partial charge in [0.25, 0.3) is 0 Å². The lowest BCUT2D eigenvalue weighted by molar-refractivity contribution is 0.116. The Hall–Kier alpha value is -3.34. The van der Waals surface area contributed by atoms with Gasteiger partial charge in [0.15, 0.2) is 11.3 Å². The Morgan fingerprint density at radius 3 is 2.68 bits per heavy atom. The lowest BCUT2D eigenvalue weighted by atomic mass is 9.93. The van der Waals surface area contributed by atoms with E-state index in [0.29, 0.717) is 36.0 Å². The summed E-state index contributed by atoms with van der Waals surface area (Å²) in [7, 11) is 0. The summed E-state index contributed by atoms with van der Waals surface area (Å²) in [6.07, 6.45) is 9.34. The van der Waals surface area contributed by atoms with E-state index >= 15 is 0 Å². The first-order valence-electron chi connectivity index (χ1n) is 13.7. The standard InChI is InChI=1S/C28H38N8O2/c1-2-3-13-35(14-15-37)27-26-24(32-28(29)33-27)18-36(34-26)17-20-7-6-19(23-5-4-12-30-25(20)23)16-31-21-8-10-22(38)11-9-21/h4-7,12,18,21-22,31,37-38H,2-3,8-11,13-17H2,1H3,(H2,29,32). The quantitative estimate of drug-likeness (QED) is 0.236. The van der Waals surface area contributed by atoms with Crippen LogP contribution < -0.4 is 16.0 Å². The molecule has 1 fully saturated rings. The third kappa shape index (κ3) is 5.87. The largest absolute Gasteiger partial charge is 0.395 e. The van der Waals surface area contributed by atoms with Gasteiger partial charge in [0, 0.05) is 37.3 Å². The SMILES string of the molecule is CCCCN(CCO)c1nc(N)nc2cn(Cc3ccc(CNC4CCC(O)CC4)c4cccnc34)nc12. The van der Waals surface area contributed by atoms with Crippen LogP contribution in [0.2, 0.25) is 0 Å². The maximum absolute atomic E-state index is 9.80. The minimum atomic E-state index is -0.149. The summed E-state index contributed by atoms with van der Waals surface area (Å²) in [4.78, 5) is 15.7. The van der Waals surface area contributed by atoms with Crippen LogP contribution in [0.3, 0.4) is 0 Å². The van der Waals surface area contributed by atoms with Crippen LogP contribution in [0.15, 0.2) is 36.7 Å². The van der Waals surface area contributed by atoms with Crippen LogP contribution >= 0.6 is 0 Å². The summed E-state index contributed by atoms with van der Waals surface area (Å²) in [5.41, 5.74) is 10.7. The molecule has 202 valence electrons. The van der Waals surface area contributed by atoms with E-state index in [1.165, 1.54) is 5.56 Å². The second-order valence-corrected chi connectivity index (χ2v) is 10.2. The molecule has 3 aromatic heterocycles. The number of aliphatic hydroxyl groups is 2. The molecule has 0 saturated heterocycles. The highest BCUT2D eigenvalue weighted by molar-refractivity contribution is 5.87. The Labute approximate surface area is 222 Å². The number of pyridine rings is 1. The molecule has 0 spiro atoms. The molecule has 4 aromatic rings. The van der Waals surface area contributed by atoms with Crippen LogP contribution in [-0.4, -0.2) is 66.8 Å². The van der Waals surface area contributed by atoms with Gasteiger partial charge in [-0.1, -0.05) is 31.5 Å². The first-order valence-corrected chi connectivity index (χ1v) is 13.7. The number of hydrogen-bond acceptors (Lipinski definition) is 9. The molecule has 38 heavy (non-hydrogen) atoms.